The molecule has 7 heteroatoms. The summed E-state index contributed by atoms with van der Waals surface area (Å²) in [4.78, 5) is 12.3. The number of hydrogen-bond acceptors (Lipinski definition) is 4. The van der Waals surface area contributed by atoms with E-state index in [1.54, 1.807) is 19.1 Å². The number of sulfonamides is 1. The van der Waals surface area contributed by atoms with Gasteiger partial charge in [0.15, 0.2) is 6.61 Å². The molecule has 2 N–H and O–H groups in total. The molecule has 0 spiro atoms. The van der Waals surface area contributed by atoms with Crippen molar-refractivity contribution in [3.8, 4) is 5.75 Å². The van der Waals surface area contributed by atoms with Gasteiger partial charge in [-0.3, -0.25) is 4.79 Å². The Kier molecular flexibility index (Phi) is 6.62. The molecule has 0 aromatic heterocycles. The van der Waals surface area contributed by atoms with E-state index in [2.05, 4.69) is 23.9 Å². The maximum atomic E-state index is 12.2. The molecule has 27 heavy (non-hydrogen) atoms. The van der Waals surface area contributed by atoms with E-state index < -0.39 is 10.0 Å². The summed E-state index contributed by atoms with van der Waals surface area (Å²) < 4.78 is 31.9. The summed E-state index contributed by atoms with van der Waals surface area (Å²) >= 11 is 0. The fourth-order valence-corrected chi connectivity index (χ4v) is 3.80. The van der Waals surface area contributed by atoms with Gasteiger partial charge in [0.05, 0.1) is 4.90 Å². The van der Waals surface area contributed by atoms with Crippen molar-refractivity contribution in [3.05, 3.63) is 53.1 Å². The summed E-state index contributed by atoms with van der Waals surface area (Å²) in [6, 6.07) is 10.5. The van der Waals surface area contributed by atoms with Crippen molar-refractivity contribution in [2.75, 3.05) is 19.0 Å². The third kappa shape index (κ3) is 5.30. The van der Waals surface area contributed by atoms with Gasteiger partial charge >= 0.3 is 0 Å². The van der Waals surface area contributed by atoms with Crippen molar-refractivity contribution >= 4 is 21.6 Å². The van der Waals surface area contributed by atoms with Gasteiger partial charge in [0, 0.05) is 5.69 Å². The molecule has 2 aromatic rings. The lowest BCUT2D eigenvalue weighted by Crippen LogP contribution is -2.22. The first-order valence-corrected chi connectivity index (χ1v) is 10.2. The summed E-state index contributed by atoms with van der Waals surface area (Å²) in [5.41, 5.74) is 3.35. The van der Waals surface area contributed by atoms with Crippen molar-refractivity contribution in [1.82, 2.24) is 4.72 Å². The highest BCUT2D eigenvalue weighted by atomic mass is 32.2. The second-order valence-corrected chi connectivity index (χ2v) is 8.55. The molecule has 0 atom stereocenters. The van der Waals surface area contributed by atoms with Crippen LogP contribution >= 0.6 is 0 Å². The molecule has 0 bridgehead atoms. The largest absolute Gasteiger partial charge is 0.484 e. The first-order chi connectivity index (χ1) is 12.6. The van der Waals surface area contributed by atoms with Crippen LogP contribution in [0.15, 0.2) is 41.3 Å². The number of carbonyl (C=O) groups is 1. The Labute approximate surface area is 161 Å². The van der Waals surface area contributed by atoms with E-state index >= 15 is 0 Å². The Morgan fingerprint density at radius 3 is 2.37 bits per heavy atom. The zero-order valence-corrected chi connectivity index (χ0v) is 17.1. The van der Waals surface area contributed by atoms with Gasteiger partial charge in [-0.15, -0.1) is 0 Å². The molecular weight excluding hydrogens is 364 g/mol. The Balaban J connectivity index is 2.04. The number of aryl methyl sites for hydroxylation is 2. The molecule has 6 nitrogen and oxygen atoms in total. The minimum atomic E-state index is -3.59. The van der Waals surface area contributed by atoms with Crippen molar-refractivity contribution in [3.63, 3.8) is 0 Å². The van der Waals surface area contributed by atoms with Crippen LogP contribution in [0.25, 0.3) is 0 Å². The zero-order valence-electron chi connectivity index (χ0n) is 16.3. The Bertz CT molecular complexity index is 937. The van der Waals surface area contributed by atoms with Gasteiger partial charge in [-0.2, -0.15) is 0 Å². The van der Waals surface area contributed by atoms with E-state index in [0.717, 1.165) is 5.56 Å². The molecule has 0 aliphatic rings. The lowest BCUT2D eigenvalue weighted by molar-refractivity contribution is -0.118. The Hall–Kier alpha value is -2.38. The summed E-state index contributed by atoms with van der Waals surface area (Å²) in [5, 5.41) is 2.66. The predicted octanol–water partition coefficient (Wildman–Crippen LogP) is 3.35. The van der Waals surface area contributed by atoms with Crippen LogP contribution in [0.2, 0.25) is 0 Å². The van der Waals surface area contributed by atoms with Crippen molar-refractivity contribution in [2.45, 2.75) is 38.5 Å². The summed E-state index contributed by atoms with van der Waals surface area (Å²) in [6.07, 6.45) is 0. The topological polar surface area (TPSA) is 84.5 Å². The van der Waals surface area contributed by atoms with E-state index in [4.69, 9.17) is 4.74 Å². The Morgan fingerprint density at radius 1 is 1.07 bits per heavy atom. The van der Waals surface area contributed by atoms with Crippen LogP contribution in [0.5, 0.6) is 5.75 Å². The van der Waals surface area contributed by atoms with E-state index in [0.29, 0.717) is 22.9 Å². The number of amides is 1. The molecule has 0 radical (unpaired) electrons. The van der Waals surface area contributed by atoms with Crippen molar-refractivity contribution in [2.24, 2.45) is 0 Å². The lowest BCUT2D eigenvalue weighted by Gasteiger charge is -2.13. The number of carbonyl (C=O) groups excluding carboxylic acids is 1. The van der Waals surface area contributed by atoms with Gasteiger partial charge < -0.3 is 10.1 Å². The van der Waals surface area contributed by atoms with Gasteiger partial charge in [0.2, 0.25) is 10.0 Å². The molecule has 0 unspecified atom stereocenters. The van der Waals surface area contributed by atoms with Gasteiger partial charge in [0.25, 0.3) is 5.91 Å². The van der Waals surface area contributed by atoms with E-state index in [1.807, 2.05) is 25.1 Å². The van der Waals surface area contributed by atoms with Crippen LogP contribution in [0.3, 0.4) is 0 Å². The van der Waals surface area contributed by atoms with E-state index in [9.17, 15) is 13.2 Å². The van der Waals surface area contributed by atoms with Gasteiger partial charge in [-0.1, -0.05) is 26.0 Å². The van der Waals surface area contributed by atoms with Crippen LogP contribution in [0, 0.1) is 13.8 Å². The highest BCUT2D eigenvalue weighted by molar-refractivity contribution is 7.89. The van der Waals surface area contributed by atoms with Crippen LogP contribution in [0.1, 0.15) is 36.5 Å². The average Bonchev–Trinajstić information content (AvgIpc) is 2.61. The van der Waals surface area contributed by atoms with Crippen molar-refractivity contribution < 1.29 is 17.9 Å². The number of nitrogens with one attached hydrogen (secondary N) is 2. The van der Waals surface area contributed by atoms with Crippen LogP contribution in [-0.4, -0.2) is 28.0 Å². The zero-order chi connectivity index (χ0) is 20.2. The Morgan fingerprint density at radius 2 is 1.78 bits per heavy atom. The second kappa shape index (κ2) is 8.54. The quantitative estimate of drug-likeness (QED) is 0.759. The first kappa shape index (κ1) is 20.9. The smallest absolute Gasteiger partial charge is 0.262 e. The van der Waals surface area contributed by atoms with Crippen molar-refractivity contribution in [1.29, 1.82) is 0 Å². The molecule has 2 aromatic carbocycles. The highest BCUT2D eigenvalue weighted by Gasteiger charge is 2.16. The van der Waals surface area contributed by atoms with Gasteiger partial charge in [0.1, 0.15) is 5.75 Å². The molecule has 1 amide bonds. The second-order valence-electron chi connectivity index (χ2n) is 6.70. The number of ether oxygens (including phenoxy) is 1. The molecule has 2 rings (SSSR count). The van der Waals surface area contributed by atoms with E-state index in [1.165, 1.54) is 18.7 Å². The normalized spacial score (nSPS) is 11.5. The molecule has 0 saturated heterocycles. The minimum absolute atomic E-state index is 0.128. The van der Waals surface area contributed by atoms with Crippen LogP contribution < -0.4 is 14.8 Å². The molecule has 0 aliphatic heterocycles. The predicted molar refractivity (Wildman–Crippen MR) is 107 cm³/mol. The third-order valence-electron chi connectivity index (χ3n) is 4.26. The van der Waals surface area contributed by atoms with Gasteiger partial charge in [-0.25, -0.2) is 13.1 Å². The van der Waals surface area contributed by atoms with Crippen LogP contribution in [0.4, 0.5) is 5.69 Å². The monoisotopic (exact) mass is 390 g/mol. The molecule has 0 heterocycles. The van der Waals surface area contributed by atoms with E-state index in [-0.39, 0.29) is 17.4 Å². The molecular formula is C20H26N2O4S. The maximum absolute atomic E-state index is 12.2. The fraction of sp³-hybridized carbons (Fsp3) is 0.350. The summed E-state index contributed by atoms with van der Waals surface area (Å²) in [6.45, 7) is 7.80. The fourth-order valence-electron chi connectivity index (χ4n) is 2.81. The number of rotatable bonds is 7. The minimum Gasteiger partial charge on any atom is -0.484 e. The maximum Gasteiger partial charge on any atom is 0.262 e. The van der Waals surface area contributed by atoms with Crippen LogP contribution in [-0.2, 0) is 14.8 Å². The summed E-state index contributed by atoms with van der Waals surface area (Å²) in [5.74, 6) is 0.679. The van der Waals surface area contributed by atoms with Gasteiger partial charge in [-0.05, 0) is 67.8 Å². The average molecular weight is 391 g/mol. The first-order valence-electron chi connectivity index (χ1n) is 8.71. The molecule has 146 valence electrons. The lowest BCUT2D eigenvalue weighted by atomic mass is 9.98. The number of anilines is 1. The summed E-state index contributed by atoms with van der Waals surface area (Å²) in [7, 11) is -2.24. The number of benzene rings is 2. The molecule has 0 fully saturated rings. The molecule has 0 aliphatic carbocycles. The SMILES string of the molecule is CNS(=O)(=O)c1cc(NC(=O)COc2ccc(C(C)C)c(C)c2)ccc1C. The highest BCUT2D eigenvalue weighted by Crippen LogP contribution is 2.24. The number of hydrogen-bond donors (Lipinski definition) is 2. The third-order valence-corrected chi connectivity index (χ3v) is 5.82. The standard InChI is InChI=1S/C20H26N2O4S/c1-13(2)18-9-8-17(10-15(18)4)26-12-20(23)22-16-7-6-14(3)19(11-16)27(24,25)21-5/h6-11,13,21H,12H2,1-5H3,(H,22,23). The molecule has 0 saturated carbocycles.